The molecule has 1 spiro atoms. The highest BCUT2D eigenvalue weighted by molar-refractivity contribution is 7.12. The van der Waals surface area contributed by atoms with Crippen molar-refractivity contribution < 1.29 is 18.0 Å². The highest BCUT2D eigenvalue weighted by Crippen LogP contribution is 2.45. The molecule has 0 radical (unpaired) electrons. The summed E-state index contributed by atoms with van der Waals surface area (Å²) in [5, 5.41) is 4.06. The third-order valence-electron chi connectivity index (χ3n) is 5.11. The van der Waals surface area contributed by atoms with Crippen molar-refractivity contribution in [2.45, 2.75) is 51.2 Å². The van der Waals surface area contributed by atoms with Gasteiger partial charge in [0.05, 0.1) is 12.3 Å². The number of hydrogen-bond acceptors (Lipinski definition) is 5. The number of alkyl halides is 2. The number of hydrogen-bond donors (Lipinski definition) is 0. The summed E-state index contributed by atoms with van der Waals surface area (Å²) in [5.41, 5.74) is 1.89. The number of halogens is 2. The monoisotopic (exact) mass is 368 g/mol. The van der Waals surface area contributed by atoms with Gasteiger partial charge in [-0.3, -0.25) is 4.90 Å². The average molecular weight is 368 g/mol. The molecule has 1 fully saturated rings. The molecular formula is C18H22F2N2O2S. The minimum atomic E-state index is -2.29. The fraction of sp³-hybridized carbons (Fsp3) is 0.611. The Balaban J connectivity index is 1.46. The number of fused-ring (bicyclic) bond motifs is 2. The number of likely N-dealkylation sites (tertiary alicyclic amines) is 1. The maximum absolute atomic E-state index is 12.7. The molecular weight excluding hydrogens is 346 g/mol. The van der Waals surface area contributed by atoms with Crippen LogP contribution in [0.3, 0.4) is 0 Å². The number of piperidine rings is 1. The summed E-state index contributed by atoms with van der Waals surface area (Å²) in [6, 6.07) is 3.94. The number of nitrogens with zero attached hydrogens (tertiary/aromatic N) is 2. The number of thiophene rings is 1. The molecule has 0 atom stereocenters. The van der Waals surface area contributed by atoms with Crippen LogP contribution in [0, 0.1) is 6.92 Å². The van der Waals surface area contributed by atoms with Gasteiger partial charge in [0.1, 0.15) is 11.4 Å². The van der Waals surface area contributed by atoms with E-state index in [2.05, 4.69) is 10.1 Å². The van der Waals surface area contributed by atoms with Crippen LogP contribution in [-0.4, -0.2) is 36.2 Å². The third kappa shape index (κ3) is 3.50. The van der Waals surface area contributed by atoms with Crippen LogP contribution in [0.1, 0.15) is 39.6 Å². The van der Waals surface area contributed by atoms with Gasteiger partial charge in [-0.05, 0) is 37.8 Å². The number of ether oxygens (including phenoxy) is 1. The van der Waals surface area contributed by atoms with Gasteiger partial charge in [0.15, 0.2) is 0 Å². The first-order valence-corrected chi connectivity index (χ1v) is 9.54. The van der Waals surface area contributed by atoms with Gasteiger partial charge in [-0.15, -0.1) is 11.3 Å². The molecule has 4 heterocycles. The normalized spacial score (nSPS) is 20.3. The third-order valence-corrected chi connectivity index (χ3v) is 6.49. The molecule has 0 bridgehead atoms. The molecule has 0 unspecified atom stereocenters. The van der Waals surface area contributed by atoms with E-state index in [4.69, 9.17) is 9.26 Å². The summed E-state index contributed by atoms with van der Waals surface area (Å²) >= 11 is 1.53. The Morgan fingerprint density at radius 3 is 2.80 bits per heavy atom. The van der Waals surface area contributed by atoms with Crippen LogP contribution < -0.4 is 0 Å². The van der Waals surface area contributed by atoms with Crippen LogP contribution >= 0.6 is 11.3 Å². The maximum atomic E-state index is 12.7. The Hall–Kier alpha value is -1.31. The Kier molecular flexibility index (Phi) is 4.64. The molecule has 2 aromatic heterocycles. The summed E-state index contributed by atoms with van der Waals surface area (Å²) in [7, 11) is 0. The molecule has 1 saturated heterocycles. The van der Waals surface area contributed by atoms with Crippen molar-refractivity contribution in [1.29, 1.82) is 0 Å². The predicted octanol–water partition coefficient (Wildman–Crippen LogP) is 3.92. The van der Waals surface area contributed by atoms with Crippen LogP contribution in [0.5, 0.6) is 0 Å². The molecule has 4 rings (SSSR count). The number of aromatic nitrogens is 1. The standard InChI is InChI=1S/C18H22F2N2O2S/c1-12-8-14(21-24-12)11-22-5-3-18(4-6-22)17-13(2-7-23-18)9-15(25-17)10-16(19)20/h8-9,16H,2-7,10-11H2,1H3. The van der Waals surface area contributed by atoms with Gasteiger partial charge in [-0.2, -0.15) is 0 Å². The molecule has 0 N–H and O–H groups in total. The Morgan fingerprint density at radius 1 is 1.32 bits per heavy atom. The molecule has 2 aromatic rings. The van der Waals surface area contributed by atoms with E-state index in [1.165, 1.54) is 21.8 Å². The van der Waals surface area contributed by atoms with Gasteiger partial charge >= 0.3 is 0 Å². The largest absolute Gasteiger partial charge is 0.369 e. The first-order chi connectivity index (χ1) is 12.0. The zero-order valence-electron chi connectivity index (χ0n) is 14.3. The average Bonchev–Trinajstić information content (AvgIpc) is 3.16. The van der Waals surface area contributed by atoms with Gasteiger partial charge in [0, 0.05) is 41.9 Å². The van der Waals surface area contributed by atoms with E-state index in [9.17, 15) is 8.78 Å². The van der Waals surface area contributed by atoms with Crippen molar-refractivity contribution in [1.82, 2.24) is 10.1 Å². The van der Waals surface area contributed by atoms with Crippen molar-refractivity contribution in [2.75, 3.05) is 19.7 Å². The molecule has 4 nitrogen and oxygen atoms in total. The van der Waals surface area contributed by atoms with E-state index in [0.717, 1.165) is 55.2 Å². The van der Waals surface area contributed by atoms with Crippen LogP contribution in [0.2, 0.25) is 0 Å². The summed E-state index contributed by atoms with van der Waals surface area (Å²) < 4.78 is 36.8. The first-order valence-electron chi connectivity index (χ1n) is 8.73. The molecule has 0 aromatic carbocycles. The minimum Gasteiger partial charge on any atom is -0.369 e. The zero-order valence-corrected chi connectivity index (χ0v) is 15.1. The zero-order chi connectivity index (χ0) is 17.4. The Labute approximate surface area is 149 Å². The van der Waals surface area contributed by atoms with Gasteiger partial charge in [0.25, 0.3) is 0 Å². The van der Waals surface area contributed by atoms with Crippen LogP contribution in [0.25, 0.3) is 0 Å². The highest BCUT2D eigenvalue weighted by atomic mass is 32.1. The van der Waals surface area contributed by atoms with Crippen LogP contribution in [-0.2, 0) is 29.7 Å². The topological polar surface area (TPSA) is 38.5 Å². The van der Waals surface area contributed by atoms with Gasteiger partial charge < -0.3 is 9.26 Å². The Bertz CT molecular complexity index is 735. The van der Waals surface area contributed by atoms with Crippen molar-refractivity contribution in [2.24, 2.45) is 0 Å². The lowest BCUT2D eigenvalue weighted by molar-refractivity contribution is -0.0962. The lowest BCUT2D eigenvalue weighted by atomic mass is 9.85. The molecule has 0 aliphatic carbocycles. The Morgan fingerprint density at radius 2 is 2.12 bits per heavy atom. The lowest BCUT2D eigenvalue weighted by Gasteiger charge is -2.43. The maximum Gasteiger partial charge on any atom is 0.243 e. The smallest absolute Gasteiger partial charge is 0.243 e. The summed E-state index contributed by atoms with van der Waals surface area (Å²) in [4.78, 5) is 4.32. The highest BCUT2D eigenvalue weighted by Gasteiger charge is 2.42. The van der Waals surface area contributed by atoms with E-state index >= 15 is 0 Å². The van der Waals surface area contributed by atoms with Gasteiger partial charge in [-0.1, -0.05) is 5.16 Å². The quantitative estimate of drug-likeness (QED) is 0.820. The van der Waals surface area contributed by atoms with E-state index in [0.29, 0.717) is 6.61 Å². The number of aryl methyl sites for hydroxylation is 1. The van der Waals surface area contributed by atoms with E-state index in [1.54, 1.807) is 0 Å². The first kappa shape index (κ1) is 17.1. The van der Waals surface area contributed by atoms with Crippen molar-refractivity contribution >= 4 is 11.3 Å². The van der Waals surface area contributed by atoms with Crippen LogP contribution in [0.4, 0.5) is 8.78 Å². The fourth-order valence-corrected chi connectivity index (χ4v) is 5.31. The second kappa shape index (κ2) is 6.78. The SMILES string of the molecule is Cc1cc(CN2CCC3(CC2)OCCc2cc(CC(F)F)sc23)no1. The molecule has 25 heavy (non-hydrogen) atoms. The summed E-state index contributed by atoms with van der Waals surface area (Å²) in [6.07, 6.45) is 0.186. The fourth-order valence-electron chi connectivity index (χ4n) is 3.90. The van der Waals surface area contributed by atoms with Crippen molar-refractivity contribution in [3.63, 3.8) is 0 Å². The molecule has 136 valence electrons. The van der Waals surface area contributed by atoms with Crippen molar-refractivity contribution in [3.05, 3.63) is 38.9 Å². The lowest BCUT2D eigenvalue weighted by Crippen LogP contribution is -2.45. The predicted molar refractivity (Wildman–Crippen MR) is 91.1 cm³/mol. The molecule has 7 heteroatoms. The second-order valence-corrected chi connectivity index (χ2v) is 8.10. The minimum absolute atomic E-state index is 0.147. The van der Waals surface area contributed by atoms with E-state index < -0.39 is 6.43 Å². The molecule has 0 amide bonds. The summed E-state index contributed by atoms with van der Waals surface area (Å²) in [6.45, 7) is 5.18. The molecule has 2 aliphatic heterocycles. The molecule has 0 saturated carbocycles. The van der Waals surface area contributed by atoms with Gasteiger partial charge in [0.2, 0.25) is 6.43 Å². The second-order valence-electron chi connectivity index (χ2n) is 6.96. The molecule has 2 aliphatic rings. The van der Waals surface area contributed by atoms with E-state index in [-0.39, 0.29) is 12.0 Å². The van der Waals surface area contributed by atoms with E-state index in [1.807, 2.05) is 19.1 Å². The van der Waals surface area contributed by atoms with Gasteiger partial charge in [-0.25, -0.2) is 8.78 Å². The number of rotatable bonds is 4. The van der Waals surface area contributed by atoms with Crippen molar-refractivity contribution in [3.8, 4) is 0 Å². The summed E-state index contributed by atoms with van der Waals surface area (Å²) in [5.74, 6) is 0.828. The van der Waals surface area contributed by atoms with Crippen LogP contribution in [0.15, 0.2) is 16.7 Å².